The van der Waals surface area contributed by atoms with Crippen molar-refractivity contribution in [3.8, 4) is 0 Å². The molecule has 1 aromatic carbocycles. The Morgan fingerprint density at radius 2 is 1.62 bits per heavy atom. The number of hydrogen-bond acceptors (Lipinski definition) is 6. The molecule has 1 fully saturated rings. The average molecular weight is 398 g/mol. The lowest BCUT2D eigenvalue weighted by Gasteiger charge is -2.35. The SMILES string of the molecule is CC(C(=O)c1c(N)n(C)c(=O)n(C)c1=O)N1CCC(C(=O)c2ccccc2)CC1. The molecule has 3 rings (SSSR count). The third-order valence-corrected chi connectivity index (χ3v) is 5.84. The molecule has 0 bridgehead atoms. The summed E-state index contributed by atoms with van der Waals surface area (Å²) in [6.45, 7) is 2.87. The molecular formula is C21H26N4O4. The predicted molar refractivity (Wildman–Crippen MR) is 110 cm³/mol. The summed E-state index contributed by atoms with van der Waals surface area (Å²) < 4.78 is 1.99. The van der Waals surface area contributed by atoms with Crippen LogP contribution >= 0.6 is 0 Å². The highest BCUT2D eigenvalue weighted by molar-refractivity contribution is 6.03. The minimum Gasteiger partial charge on any atom is -0.384 e. The molecule has 29 heavy (non-hydrogen) atoms. The van der Waals surface area contributed by atoms with Crippen molar-refractivity contribution in [2.75, 3.05) is 18.8 Å². The monoisotopic (exact) mass is 398 g/mol. The zero-order valence-corrected chi connectivity index (χ0v) is 16.9. The molecule has 0 radical (unpaired) electrons. The van der Waals surface area contributed by atoms with Crippen LogP contribution < -0.4 is 17.0 Å². The molecule has 2 N–H and O–H groups in total. The van der Waals surface area contributed by atoms with E-state index in [1.54, 1.807) is 6.92 Å². The van der Waals surface area contributed by atoms with E-state index in [0.29, 0.717) is 31.5 Å². The van der Waals surface area contributed by atoms with Crippen LogP contribution in [0.3, 0.4) is 0 Å². The molecule has 0 aliphatic carbocycles. The highest BCUT2D eigenvalue weighted by atomic mass is 16.2. The lowest BCUT2D eigenvalue weighted by Crippen LogP contribution is -2.48. The highest BCUT2D eigenvalue weighted by Crippen LogP contribution is 2.24. The Labute approximate surface area is 168 Å². The maximum Gasteiger partial charge on any atom is 0.332 e. The van der Waals surface area contributed by atoms with Crippen LogP contribution in [0, 0.1) is 5.92 Å². The Morgan fingerprint density at radius 3 is 2.21 bits per heavy atom. The Hall–Kier alpha value is -3.00. The van der Waals surface area contributed by atoms with Gasteiger partial charge in [0, 0.05) is 25.6 Å². The van der Waals surface area contributed by atoms with Gasteiger partial charge < -0.3 is 5.73 Å². The van der Waals surface area contributed by atoms with Gasteiger partial charge >= 0.3 is 5.69 Å². The Balaban J connectivity index is 1.74. The van der Waals surface area contributed by atoms with Crippen molar-refractivity contribution in [1.29, 1.82) is 0 Å². The largest absolute Gasteiger partial charge is 0.384 e. The van der Waals surface area contributed by atoms with Crippen LogP contribution in [0.4, 0.5) is 5.82 Å². The average Bonchev–Trinajstić information content (AvgIpc) is 2.76. The van der Waals surface area contributed by atoms with Gasteiger partial charge in [0.05, 0.1) is 6.04 Å². The number of hydrogen-bond donors (Lipinski definition) is 1. The molecule has 8 nitrogen and oxygen atoms in total. The number of Topliss-reactive ketones (excluding diaryl/α,β-unsaturated/α-hetero) is 2. The van der Waals surface area contributed by atoms with Crippen molar-refractivity contribution in [1.82, 2.24) is 14.0 Å². The van der Waals surface area contributed by atoms with Gasteiger partial charge in [0.15, 0.2) is 11.6 Å². The quantitative estimate of drug-likeness (QED) is 0.748. The summed E-state index contributed by atoms with van der Waals surface area (Å²) in [5.41, 5.74) is 5.20. The number of benzene rings is 1. The van der Waals surface area contributed by atoms with Gasteiger partial charge in [0.25, 0.3) is 5.56 Å². The first-order valence-corrected chi connectivity index (χ1v) is 9.67. The molecule has 0 amide bonds. The summed E-state index contributed by atoms with van der Waals surface area (Å²) in [6.07, 6.45) is 1.29. The normalized spacial score (nSPS) is 16.5. The fourth-order valence-electron chi connectivity index (χ4n) is 3.85. The maximum absolute atomic E-state index is 13.0. The second-order valence-electron chi connectivity index (χ2n) is 7.55. The van der Waals surface area contributed by atoms with Crippen LogP contribution in [-0.4, -0.2) is 44.7 Å². The zero-order chi connectivity index (χ0) is 21.3. The fourth-order valence-corrected chi connectivity index (χ4v) is 3.85. The lowest BCUT2D eigenvalue weighted by atomic mass is 9.88. The van der Waals surface area contributed by atoms with Crippen LogP contribution in [0.25, 0.3) is 0 Å². The second-order valence-corrected chi connectivity index (χ2v) is 7.55. The molecule has 1 aliphatic rings. The third-order valence-electron chi connectivity index (χ3n) is 5.84. The molecule has 1 aliphatic heterocycles. The summed E-state index contributed by atoms with van der Waals surface area (Å²) in [5.74, 6) is -0.484. The number of aromatic nitrogens is 2. The van der Waals surface area contributed by atoms with Gasteiger partial charge in [-0.15, -0.1) is 0 Å². The molecule has 154 valence electrons. The van der Waals surface area contributed by atoms with E-state index in [1.165, 1.54) is 14.1 Å². The van der Waals surface area contributed by atoms with Crippen LogP contribution in [-0.2, 0) is 14.1 Å². The molecule has 1 saturated heterocycles. The van der Waals surface area contributed by atoms with Gasteiger partial charge in [-0.3, -0.25) is 28.4 Å². The summed E-state index contributed by atoms with van der Waals surface area (Å²) in [7, 11) is 2.76. The van der Waals surface area contributed by atoms with Gasteiger partial charge in [-0.05, 0) is 32.9 Å². The molecule has 2 heterocycles. The number of carbonyl (C=O) groups is 2. The summed E-state index contributed by atoms with van der Waals surface area (Å²) >= 11 is 0. The Bertz CT molecular complexity index is 1050. The van der Waals surface area contributed by atoms with E-state index >= 15 is 0 Å². The number of ketones is 2. The zero-order valence-electron chi connectivity index (χ0n) is 16.9. The number of likely N-dealkylation sites (tertiary alicyclic amines) is 1. The van der Waals surface area contributed by atoms with E-state index in [1.807, 2.05) is 35.2 Å². The molecule has 1 atom stereocenters. The van der Waals surface area contributed by atoms with E-state index in [4.69, 9.17) is 5.73 Å². The maximum atomic E-state index is 13.0. The van der Waals surface area contributed by atoms with E-state index < -0.39 is 23.1 Å². The Morgan fingerprint density at radius 1 is 1.03 bits per heavy atom. The topological polar surface area (TPSA) is 107 Å². The van der Waals surface area contributed by atoms with E-state index in [9.17, 15) is 19.2 Å². The van der Waals surface area contributed by atoms with Gasteiger partial charge in [0.1, 0.15) is 11.4 Å². The first-order valence-electron chi connectivity index (χ1n) is 9.67. The summed E-state index contributed by atoms with van der Waals surface area (Å²) in [6, 6.07) is 8.64. The van der Waals surface area contributed by atoms with Gasteiger partial charge in [0.2, 0.25) is 0 Å². The van der Waals surface area contributed by atoms with Crippen molar-refractivity contribution in [2.45, 2.75) is 25.8 Å². The number of nitrogens with zero attached hydrogens (tertiary/aromatic N) is 3. The van der Waals surface area contributed by atoms with Crippen LogP contribution in [0.2, 0.25) is 0 Å². The number of nitrogen functional groups attached to an aromatic ring is 1. The Kier molecular flexibility index (Phi) is 5.83. The molecule has 8 heteroatoms. The van der Waals surface area contributed by atoms with Crippen LogP contribution in [0.5, 0.6) is 0 Å². The highest BCUT2D eigenvalue weighted by Gasteiger charge is 2.32. The van der Waals surface area contributed by atoms with Crippen molar-refractivity contribution in [3.63, 3.8) is 0 Å². The van der Waals surface area contributed by atoms with Crippen LogP contribution in [0.15, 0.2) is 39.9 Å². The molecule has 2 aromatic rings. The van der Waals surface area contributed by atoms with Gasteiger partial charge in [-0.1, -0.05) is 30.3 Å². The van der Waals surface area contributed by atoms with E-state index in [2.05, 4.69) is 0 Å². The van der Waals surface area contributed by atoms with E-state index in [0.717, 1.165) is 9.13 Å². The van der Waals surface area contributed by atoms with E-state index in [-0.39, 0.29) is 23.1 Å². The van der Waals surface area contributed by atoms with Crippen molar-refractivity contribution < 1.29 is 9.59 Å². The minimum atomic E-state index is -0.684. The molecule has 1 aromatic heterocycles. The summed E-state index contributed by atoms with van der Waals surface area (Å²) in [4.78, 5) is 52.1. The first kappa shape index (κ1) is 20.7. The fraction of sp³-hybridized carbons (Fsp3) is 0.429. The number of carbonyl (C=O) groups excluding carboxylic acids is 2. The number of nitrogens with two attached hydrogens (primary N) is 1. The second kappa shape index (κ2) is 8.16. The van der Waals surface area contributed by atoms with Crippen LogP contribution in [0.1, 0.15) is 40.5 Å². The number of anilines is 1. The lowest BCUT2D eigenvalue weighted by molar-refractivity contribution is 0.0712. The molecule has 0 spiro atoms. The number of piperidine rings is 1. The smallest absolute Gasteiger partial charge is 0.332 e. The van der Waals surface area contributed by atoms with Gasteiger partial charge in [-0.2, -0.15) is 0 Å². The molecular weight excluding hydrogens is 372 g/mol. The number of rotatable bonds is 5. The van der Waals surface area contributed by atoms with Crippen molar-refractivity contribution in [2.24, 2.45) is 20.0 Å². The van der Waals surface area contributed by atoms with Crippen molar-refractivity contribution in [3.05, 3.63) is 62.3 Å². The summed E-state index contributed by atoms with van der Waals surface area (Å²) in [5, 5.41) is 0. The molecule has 1 unspecified atom stereocenters. The van der Waals surface area contributed by atoms with Crippen molar-refractivity contribution >= 4 is 17.4 Å². The molecule has 0 saturated carbocycles. The van der Waals surface area contributed by atoms with Gasteiger partial charge in [-0.25, -0.2) is 4.79 Å². The minimum absolute atomic E-state index is 0.0774. The standard InChI is InChI=1S/C21H26N4O4/c1-13(17(26)16-19(22)23(2)21(29)24(3)20(16)28)25-11-9-15(10-12-25)18(27)14-7-5-4-6-8-14/h4-8,13,15H,9-12,22H2,1-3H3. The third kappa shape index (κ3) is 3.80. The first-order chi connectivity index (χ1) is 13.7. The predicted octanol–water partition coefficient (Wildman–Crippen LogP) is 0.832.